The molecule has 7 nitrogen and oxygen atoms in total. The average Bonchev–Trinajstić information content (AvgIpc) is 3.50. The molecule has 1 aliphatic heterocycles. The van der Waals surface area contributed by atoms with Crippen LogP contribution in [0.2, 0.25) is 0 Å². The highest BCUT2D eigenvalue weighted by atomic mass is 32.2. The van der Waals surface area contributed by atoms with Crippen LogP contribution in [0.3, 0.4) is 0 Å². The smallest absolute Gasteiger partial charge is 0.193 e. The summed E-state index contributed by atoms with van der Waals surface area (Å²) in [6.45, 7) is 2.93. The number of alkyl halides is 1. The van der Waals surface area contributed by atoms with Crippen LogP contribution in [0.5, 0.6) is 0 Å². The van der Waals surface area contributed by atoms with Gasteiger partial charge in [0.05, 0.1) is 12.2 Å². The zero-order valence-electron chi connectivity index (χ0n) is 25.0. The standard InChI is InChI=1S/C35H38FNO6S/c1-32-13-12-24(39)14-22(32)10-11-26-27-16-30-35(29(41)18-38,33(27,2)17-28(40)34(26,32)36)43-31(42-30)21-8-6-20(7-9-21)19-44-25-5-3-4-23(37)15-25/h3-9,12-15,26-28,30-31,38,40H,10-11,16-19,37H2,1-2H3/p+1. The highest BCUT2D eigenvalue weighted by molar-refractivity contribution is 7.98. The number of carbonyl (C=O) groups excluding carboxylic acids is 2. The summed E-state index contributed by atoms with van der Waals surface area (Å²) < 4.78 is 30.7. The van der Waals surface area contributed by atoms with Gasteiger partial charge in [0.25, 0.3) is 0 Å². The third-order valence-corrected chi connectivity index (χ3v) is 12.6. The Balaban J connectivity index is 1.16. The Kier molecular flexibility index (Phi) is 7.12. The number of fused-ring (bicyclic) bond motifs is 7. The molecule has 0 aromatic heterocycles. The van der Waals surface area contributed by atoms with Crippen LogP contribution in [-0.4, -0.2) is 51.9 Å². The van der Waals surface area contributed by atoms with Gasteiger partial charge in [-0.3, -0.25) is 9.59 Å². The Morgan fingerprint density at radius 1 is 1.16 bits per heavy atom. The third kappa shape index (κ3) is 4.06. The maximum Gasteiger partial charge on any atom is 0.193 e. The fourth-order valence-corrected chi connectivity index (χ4v) is 10.2. The number of benzene rings is 2. The van der Waals surface area contributed by atoms with E-state index in [0.717, 1.165) is 27.5 Å². The van der Waals surface area contributed by atoms with Gasteiger partial charge in [0.15, 0.2) is 29.1 Å². The molecule has 4 fully saturated rings. The van der Waals surface area contributed by atoms with Gasteiger partial charge in [0, 0.05) is 39.0 Å². The quantitative estimate of drug-likeness (QED) is 0.406. The van der Waals surface area contributed by atoms with Gasteiger partial charge in [-0.25, -0.2) is 4.39 Å². The van der Waals surface area contributed by atoms with Gasteiger partial charge in [0.1, 0.15) is 12.3 Å². The van der Waals surface area contributed by atoms with Crippen molar-refractivity contribution in [1.82, 2.24) is 0 Å². The maximum atomic E-state index is 17.5. The molecule has 4 aliphatic carbocycles. The fraction of sp³-hybridized carbons (Fsp3) is 0.486. The van der Waals surface area contributed by atoms with Crippen LogP contribution < -0.4 is 5.73 Å². The lowest BCUT2D eigenvalue weighted by Crippen LogP contribution is -2.69. The van der Waals surface area contributed by atoms with Gasteiger partial charge in [-0.2, -0.15) is 0 Å². The number of Topliss-reactive ketones (excluding diaryl/α,β-unsaturated/α-hetero) is 1. The van der Waals surface area contributed by atoms with E-state index < -0.39 is 58.9 Å². The van der Waals surface area contributed by atoms with Gasteiger partial charge < -0.3 is 25.4 Å². The minimum Gasteiger partial charge on any atom is -0.390 e. The van der Waals surface area contributed by atoms with E-state index in [1.54, 1.807) is 24.8 Å². The van der Waals surface area contributed by atoms with Crippen molar-refractivity contribution in [1.29, 1.82) is 0 Å². The number of hydrogen-bond acceptors (Lipinski definition) is 7. The molecule has 3 saturated carbocycles. The molecule has 1 saturated heterocycles. The second-order valence-corrected chi connectivity index (χ2v) is 14.6. The number of aliphatic hydroxyl groups excluding tert-OH is 2. The van der Waals surface area contributed by atoms with Crippen molar-refractivity contribution in [3.05, 3.63) is 83.5 Å². The highest BCUT2D eigenvalue weighted by Gasteiger charge is 2.79. The first-order valence-corrected chi connectivity index (χ1v) is 16.4. The molecule has 0 bridgehead atoms. The van der Waals surface area contributed by atoms with Crippen molar-refractivity contribution >= 4 is 29.0 Å². The van der Waals surface area contributed by atoms with Crippen LogP contribution in [0, 0.1) is 22.7 Å². The van der Waals surface area contributed by atoms with Crippen molar-refractivity contribution in [3.8, 4) is 0 Å². The van der Waals surface area contributed by atoms with Crippen molar-refractivity contribution in [2.75, 3.05) is 6.61 Å². The molecule has 0 spiro atoms. The van der Waals surface area contributed by atoms with Crippen molar-refractivity contribution < 1.29 is 39.4 Å². The third-order valence-electron chi connectivity index (χ3n) is 11.5. The Bertz CT molecular complexity index is 1580. The van der Waals surface area contributed by atoms with Crippen LogP contribution in [0.25, 0.3) is 0 Å². The molecule has 9 unspecified atom stereocenters. The van der Waals surface area contributed by atoms with Gasteiger partial charge in [-0.15, -0.1) is 11.8 Å². The van der Waals surface area contributed by atoms with E-state index in [4.69, 9.17) is 9.47 Å². The normalized spacial score (nSPS) is 40.5. The molecule has 0 amide bonds. The summed E-state index contributed by atoms with van der Waals surface area (Å²) in [4.78, 5) is 27.0. The van der Waals surface area contributed by atoms with Gasteiger partial charge >= 0.3 is 0 Å². The minimum atomic E-state index is -2.03. The Morgan fingerprint density at radius 3 is 2.66 bits per heavy atom. The number of rotatable bonds is 6. The summed E-state index contributed by atoms with van der Waals surface area (Å²) in [5.74, 6) is -0.815. The Morgan fingerprint density at radius 2 is 1.93 bits per heavy atom. The van der Waals surface area contributed by atoms with Gasteiger partial charge in [-0.05, 0) is 68.4 Å². The second kappa shape index (κ2) is 10.4. The highest BCUT2D eigenvalue weighted by Crippen LogP contribution is 2.72. The van der Waals surface area contributed by atoms with Crippen molar-refractivity contribution in [2.45, 2.75) is 79.9 Å². The first-order valence-electron chi connectivity index (χ1n) is 15.4. The lowest BCUT2D eigenvalue weighted by atomic mass is 9.44. The zero-order chi connectivity index (χ0) is 31.1. The lowest BCUT2D eigenvalue weighted by Gasteiger charge is -2.62. The zero-order valence-corrected chi connectivity index (χ0v) is 25.8. The number of allylic oxidation sites excluding steroid dienone is 4. The lowest BCUT2D eigenvalue weighted by molar-refractivity contribution is -0.255. The number of quaternary nitrogens is 1. The second-order valence-electron chi connectivity index (χ2n) is 13.6. The van der Waals surface area contributed by atoms with Crippen LogP contribution in [-0.2, 0) is 24.8 Å². The van der Waals surface area contributed by atoms with Crippen molar-refractivity contribution in [2.24, 2.45) is 22.7 Å². The molecule has 2 aromatic carbocycles. The molecule has 1 heterocycles. The van der Waals surface area contributed by atoms with E-state index in [0.29, 0.717) is 24.8 Å². The molecular formula is C35H39FNO6S+. The van der Waals surface area contributed by atoms with Crippen LogP contribution in [0.15, 0.2) is 77.2 Å². The van der Waals surface area contributed by atoms with E-state index in [9.17, 15) is 19.8 Å². The fourth-order valence-electron chi connectivity index (χ4n) is 9.29. The Labute approximate surface area is 260 Å². The SMILES string of the molecule is CC12C=CC(=O)C=C1CCC1C3CC4OC(c5ccc(CSc6cccc([NH3+])c6)cc5)OC4(C(=O)CO)C3(C)CC(O)C12F. The maximum absolute atomic E-state index is 17.5. The number of ether oxygens (including phenoxy) is 2. The number of thioether (sulfide) groups is 1. The van der Waals surface area contributed by atoms with Crippen molar-refractivity contribution in [3.63, 3.8) is 0 Å². The van der Waals surface area contributed by atoms with E-state index >= 15 is 4.39 Å². The van der Waals surface area contributed by atoms with E-state index in [1.165, 1.54) is 12.2 Å². The first kappa shape index (κ1) is 30.0. The number of aliphatic hydroxyl groups is 2. The molecule has 0 radical (unpaired) electrons. The van der Waals surface area contributed by atoms with Gasteiger partial charge in [-0.1, -0.05) is 48.9 Å². The number of ketones is 2. The van der Waals surface area contributed by atoms with E-state index in [-0.39, 0.29) is 18.1 Å². The minimum absolute atomic E-state index is 0.0295. The average molecular weight is 621 g/mol. The largest absolute Gasteiger partial charge is 0.390 e. The summed E-state index contributed by atoms with van der Waals surface area (Å²) in [6, 6.07) is 16.0. The number of carbonyl (C=O) groups is 2. The van der Waals surface area contributed by atoms with E-state index in [2.05, 4.69) is 17.9 Å². The molecule has 7 rings (SSSR count). The predicted molar refractivity (Wildman–Crippen MR) is 162 cm³/mol. The summed E-state index contributed by atoms with van der Waals surface area (Å²) in [7, 11) is 0. The molecular weight excluding hydrogens is 581 g/mol. The summed E-state index contributed by atoms with van der Waals surface area (Å²) >= 11 is 1.72. The van der Waals surface area contributed by atoms with Crippen LogP contribution >= 0.6 is 11.8 Å². The summed E-state index contributed by atoms with van der Waals surface area (Å²) in [5.41, 5.74) is 1.88. The summed E-state index contributed by atoms with van der Waals surface area (Å²) in [5, 5.41) is 21.9. The monoisotopic (exact) mass is 620 g/mol. The topological polar surface area (TPSA) is 121 Å². The molecule has 5 aliphatic rings. The molecule has 5 N–H and O–H groups in total. The molecule has 9 heteroatoms. The first-order chi connectivity index (χ1) is 21.0. The van der Waals surface area contributed by atoms with Crippen LogP contribution in [0.1, 0.15) is 56.9 Å². The predicted octanol–water partition coefficient (Wildman–Crippen LogP) is 4.55. The van der Waals surface area contributed by atoms with Gasteiger partial charge in [0.2, 0.25) is 0 Å². The molecule has 2 aromatic rings. The number of halogens is 1. The van der Waals surface area contributed by atoms with Crippen LogP contribution in [0.4, 0.5) is 10.1 Å². The molecule has 44 heavy (non-hydrogen) atoms. The Hall–Kier alpha value is -2.66. The summed E-state index contributed by atoms with van der Waals surface area (Å²) in [6.07, 6.45) is 2.90. The molecule has 9 atom stereocenters. The molecule has 232 valence electrons. The van der Waals surface area contributed by atoms with E-state index in [1.807, 2.05) is 43.3 Å². The number of hydrogen-bond donors (Lipinski definition) is 3.